The fourth-order valence-corrected chi connectivity index (χ4v) is 5.00. The smallest absolute Gasteiger partial charge is 0.249 e. The Labute approximate surface area is 146 Å². The summed E-state index contributed by atoms with van der Waals surface area (Å²) >= 11 is 1.62. The lowest BCUT2D eigenvalue weighted by Gasteiger charge is -2.23. The number of fused-ring (bicyclic) bond motifs is 1. The van der Waals surface area contributed by atoms with Crippen LogP contribution in [-0.2, 0) is 26.4 Å². The summed E-state index contributed by atoms with van der Waals surface area (Å²) in [5.74, 6) is 0.887. The molecular formula is C18H24N4OS. The third-order valence-electron chi connectivity index (χ3n) is 5.37. The van der Waals surface area contributed by atoms with Crippen LogP contribution >= 0.6 is 11.3 Å². The van der Waals surface area contributed by atoms with Crippen molar-refractivity contribution < 1.29 is 4.79 Å². The van der Waals surface area contributed by atoms with Crippen LogP contribution in [0.3, 0.4) is 0 Å². The second-order valence-corrected chi connectivity index (χ2v) is 7.92. The van der Waals surface area contributed by atoms with Gasteiger partial charge < -0.3 is 10.3 Å². The first-order chi connectivity index (χ1) is 11.6. The summed E-state index contributed by atoms with van der Waals surface area (Å²) in [6.07, 6.45) is 7.21. The lowest BCUT2D eigenvalue weighted by Crippen LogP contribution is -2.24. The maximum absolute atomic E-state index is 11.3. The Hall–Kier alpha value is -1.66. The fourth-order valence-electron chi connectivity index (χ4n) is 4.11. The summed E-state index contributed by atoms with van der Waals surface area (Å²) in [6, 6.07) is 2.32. The van der Waals surface area contributed by atoms with Crippen molar-refractivity contribution in [3.8, 4) is 0 Å². The second-order valence-electron chi connectivity index (χ2n) is 6.92. The van der Waals surface area contributed by atoms with Crippen molar-refractivity contribution in [2.45, 2.75) is 51.1 Å². The lowest BCUT2D eigenvalue weighted by atomic mass is 10.0. The summed E-state index contributed by atoms with van der Waals surface area (Å²) in [7, 11) is 2.18. The number of carbonyl (C=O) groups excluding carboxylic acids is 1. The Morgan fingerprint density at radius 1 is 1.38 bits per heavy atom. The van der Waals surface area contributed by atoms with Crippen LogP contribution in [0.5, 0.6) is 0 Å². The van der Waals surface area contributed by atoms with Crippen molar-refractivity contribution >= 4 is 17.2 Å². The number of nitrogens with two attached hydrogens (primary N) is 1. The molecule has 2 N–H and O–H groups in total. The molecule has 6 heteroatoms. The molecule has 2 aromatic rings. The minimum atomic E-state index is -0.341. The molecule has 128 valence electrons. The molecule has 0 bridgehead atoms. The first-order valence-corrected chi connectivity index (χ1v) is 9.67. The summed E-state index contributed by atoms with van der Waals surface area (Å²) in [6.45, 7) is 1.96. The van der Waals surface area contributed by atoms with Crippen LogP contribution in [0.4, 0.5) is 0 Å². The third-order valence-corrected chi connectivity index (χ3v) is 6.29. The van der Waals surface area contributed by atoms with E-state index in [1.165, 1.54) is 47.8 Å². The first kappa shape index (κ1) is 15.8. The SMILES string of the molecule is Cn1c([C@H]2CCCN2Cc2cc(C(N)=O)cs2)nc2c1CCCC2. The lowest BCUT2D eigenvalue weighted by molar-refractivity contribution is 0.100. The minimum Gasteiger partial charge on any atom is -0.366 e. The van der Waals surface area contributed by atoms with Crippen LogP contribution in [0.2, 0.25) is 0 Å². The summed E-state index contributed by atoms with van der Waals surface area (Å²) in [5.41, 5.74) is 8.75. The van der Waals surface area contributed by atoms with Crippen LogP contribution in [-0.4, -0.2) is 26.9 Å². The van der Waals surface area contributed by atoms with Gasteiger partial charge in [-0.1, -0.05) is 0 Å². The molecule has 1 fully saturated rings. The monoisotopic (exact) mass is 344 g/mol. The quantitative estimate of drug-likeness (QED) is 0.927. The number of imidazole rings is 1. The van der Waals surface area contributed by atoms with E-state index in [9.17, 15) is 4.79 Å². The number of carbonyl (C=O) groups is 1. The van der Waals surface area contributed by atoms with E-state index in [4.69, 9.17) is 10.7 Å². The highest BCUT2D eigenvalue weighted by atomic mass is 32.1. The molecule has 0 radical (unpaired) electrons. The summed E-state index contributed by atoms with van der Waals surface area (Å²) < 4.78 is 2.35. The molecule has 0 spiro atoms. The van der Waals surface area contributed by atoms with Gasteiger partial charge in [0.1, 0.15) is 5.82 Å². The molecule has 1 aliphatic heterocycles. The number of hydrogen-bond donors (Lipinski definition) is 1. The molecule has 0 aromatic carbocycles. The van der Waals surface area contributed by atoms with E-state index in [1.54, 1.807) is 11.3 Å². The number of nitrogens with zero attached hydrogens (tertiary/aromatic N) is 3. The Kier molecular flexibility index (Phi) is 4.18. The predicted molar refractivity (Wildman–Crippen MR) is 95.1 cm³/mol. The number of amides is 1. The largest absolute Gasteiger partial charge is 0.366 e. The second kappa shape index (κ2) is 6.33. The van der Waals surface area contributed by atoms with Crippen molar-refractivity contribution in [3.63, 3.8) is 0 Å². The van der Waals surface area contributed by atoms with Crippen LogP contribution in [0, 0.1) is 0 Å². The number of aromatic nitrogens is 2. The maximum Gasteiger partial charge on any atom is 0.249 e. The molecule has 1 saturated heterocycles. The predicted octanol–water partition coefficient (Wildman–Crippen LogP) is 2.80. The number of aryl methyl sites for hydroxylation is 1. The molecule has 1 aliphatic carbocycles. The van der Waals surface area contributed by atoms with E-state index in [1.807, 2.05) is 11.4 Å². The van der Waals surface area contributed by atoms with Gasteiger partial charge in [0.05, 0.1) is 17.3 Å². The van der Waals surface area contributed by atoms with Gasteiger partial charge in [-0.15, -0.1) is 11.3 Å². The average Bonchev–Trinajstić information content (AvgIpc) is 3.28. The molecule has 3 heterocycles. The Morgan fingerprint density at radius 2 is 2.21 bits per heavy atom. The van der Waals surface area contributed by atoms with E-state index >= 15 is 0 Å². The molecule has 4 rings (SSSR count). The van der Waals surface area contributed by atoms with Crippen LogP contribution in [0.25, 0.3) is 0 Å². The van der Waals surface area contributed by atoms with Crippen molar-refractivity contribution in [2.24, 2.45) is 12.8 Å². The first-order valence-electron chi connectivity index (χ1n) is 8.79. The molecule has 5 nitrogen and oxygen atoms in total. The highest BCUT2D eigenvalue weighted by molar-refractivity contribution is 7.10. The van der Waals surface area contributed by atoms with Gasteiger partial charge in [0.25, 0.3) is 0 Å². The molecule has 1 atom stereocenters. The highest BCUT2D eigenvalue weighted by Crippen LogP contribution is 2.35. The summed E-state index contributed by atoms with van der Waals surface area (Å²) in [5, 5.41) is 1.86. The zero-order valence-electron chi connectivity index (χ0n) is 14.1. The number of hydrogen-bond acceptors (Lipinski definition) is 4. The molecule has 2 aliphatic rings. The number of rotatable bonds is 4. The van der Waals surface area contributed by atoms with Gasteiger partial charge in [0.15, 0.2) is 0 Å². The van der Waals surface area contributed by atoms with Gasteiger partial charge in [-0.2, -0.15) is 0 Å². The Bertz CT molecular complexity index is 763. The van der Waals surface area contributed by atoms with Gasteiger partial charge >= 0.3 is 0 Å². The van der Waals surface area contributed by atoms with Crippen LogP contribution in [0.1, 0.15) is 64.2 Å². The molecule has 24 heavy (non-hydrogen) atoms. The number of thiophene rings is 1. The van der Waals surface area contributed by atoms with Crippen molar-refractivity contribution in [3.05, 3.63) is 39.1 Å². The van der Waals surface area contributed by atoms with Crippen LogP contribution in [0.15, 0.2) is 11.4 Å². The van der Waals surface area contributed by atoms with Gasteiger partial charge in [-0.3, -0.25) is 9.69 Å². The molecule has 0 unspecified atom stereocenters. The van der Waals surface area contributed by atoms with Gasteiger partial charge in [-0.05, 0) is 51.1 Å². The minimum absolute atomic E-state index is 0.341. The van der Waals surface area contributed by atoms with Gasteiger partial charge in [-0.25, -0.2) is 4.98 Å². The number of likely N-dealkylation sites (tertiary alicyclic amines) is 1. The van der Waals surface area contributed by atoms with Gasteiger partial charge in [0.2, 0.25) is 5.91 Å². The van der Waals surface area contributed by atoms with Gasteiger partial charge in [0, 0.05) is 29.5 Å². The normalized spacial score (nSPS) is 21.1. The molecular weight excluding hydrogens is 320 g/mol. The van der Waals surface area contributed by atoms with E-state index in [-0.39, 0.29) is 5.91 Å². The fraction of sp³-hybridized carbons (Fsp3) is 0.556. The van der Waals surface area contributed by atoms with Crippen molar-refractivity contribution in [1.29, 1.82) is 0 Å². The van der Waals surface area contributed by atoms with E-state index in [2.05, 4.69) is 16.5 Å². The molecule has 2 aromatic heterocycles. The Morgan fingerprint density at radius 3 is 2.96 bits per heavy atom. The topological polar surface area (TPSA) is 64.2 Å². The highest BCUT2D eigenvalue weighted by Gasteiger charge is 2.31. The zero-order valence-corrected chi connectivity index (χ0v) is 14.9. The van der Waals surface area contributed by atoms with Crippen LogP contribution < -0.4 is 5.73 Å². The standard InChI is InChI=1S/C18H24N4OS/c1-21-15-6-3-2-5-14(15)20-18(21)16-7-4-8-22(16)10-13-9-12(11-24-13)17(19)23/h9,11,16H,2-8,10H2,1H3,(H2,19,23)/t16-/m1/s1. The van der Waals surface area contributed by atoms with E-state index in [0.29, 0.717) is 11.6 Å². The molecule has 0 saturated carbocycles. The average molecular weight is 344 g/mol. The van der Waals surface area contributed by atoms with E-state index in [0.717, 1.165) is 25.9 Å². The molecule has 1 amide bonds. The Balaban J connectivity index is 1.56. The zero-order chi connectivity index (χ0) is 16.7. The summed E-state index contributed by atoms with van der Waals surface area (Å²) in [4.78, 5) is 20.0. The number of primary amides is 1. The van der Waals surface area contributed by atoms with Crippen molar-refractivity contribution in [1.82, 2.24) is 14.5 Å². The van der Waals surface area contributed by atoms with Crippen molar-refractivity contribution in [2.75, 3.05) is 6.54 Å². The maximum atomic E-state index is 11.3. The van der Waals surface area contributed by atoms with E-state index < -0.39 is 0 Å². The third kappa shape index (κ3) is 2.78.